The van der Waals surface area contributed by atoms with Crippen LogP contribution in [0.25, 0.3) is 0 Å². The molecule has 0 heterocycles. The molecule has 0 spiro atoms. The van der Waals surface area contributed by atoms with E-state index in [4.69, 9.17) is 0 Å². The number of hydrogen-bond donors (Lipinski definition) is 1. The highest BCUT2D eigenvalue weighted by atomic mass is 127. The Morgan fingerprint density at radius 3 is 2.12 bits per heavy atom. The van der Waals surface area contributed by atoms with E-state index < -0.39 is 22.0 Å². The number of amides is 2. The van der Waals surface area contributed by atoms with Gasteiger partial charge in [0, 0.05) is 16.7 Å². The molecule has 2 aromatic carbocycles. The molecule has 7 nitrogen and oxygen atoms in total. The highest BCUT2D eigenvalue weighted by Crippen LogP contribution is 2.21. The van der Waals surface area contributed by atoms with Crippen LogP contribution < -0.4 is 9.62 Å². The Hall–Kier alpha value is -2.14. The van der Waals surface area contributed by atoms with Crippen LogP contribution in [0, 0.1) is 16.4 Å². The van der Waals surface area contributed by atoms with Crippen LogP contribution in [0.15, 0.2) is 48.5 Å². The quantitative estimate of drug-likeness (QED) is 0.397. The molecule has 0 saturated heterocycles. The second-order valence-electron chi connectivity index (χ2n) is 8.82. The van der Waals surface area contributed by atoms with E-state index in [-0.39, 0.29) is 24.9 Å². The van der Waals surface area contributed by atoms with Gasteiger partial charge in [0.2, 0.25) is 21.8 Å². The Labute approximate surface area is 217 Å². The lowest BCUT2D eigenvalue weighted by molar-refractivity contribution is -0.140. The molecule has 0 bridgehead atoms. The van der Waals surface area contributed by atoms with Gasteiger partial charge in [0.05, 0.1) is 11.9 Å². The van der Waals surface area contributed by atoms with Gasteiger partial charge in [-0.15, -0.1) is 0 Å². The van der Waals surface area contributed by atoms with Crippen molar-refractivity contribution in [1.29, 1.82) is 0 Å². The number of aryl methyl sites for hydroxylation is 1. The van der Waals surface area contributed by atoms with Gasteiger partial charge in [-0.1, -0.05) is 50.6 Å². The van der Waals surface area contributed by atoms with E-state index >= 15 is 0 Å². The van der Waals surface area contributed by atoms with E-state index in [0.29, 0.717) is 18.7 Å². The second-order valence-corrected chi connectivity index (χ2v) is 12.0. The maximum atomic E-state index is 13.6. The van der Waals surface area contributed by atoms with Gasteiger partial charge >= 0.3 is 0 Å². The fraction of sp³-hybridized carbons (Fsp3) is 0.440. The van der Waals surface area contributed by atoms with E-state index in [9.17, 15) is 18.0 Å². The number of carbonyl (C=O) groups is 2. The minimum Gasteiger partial charge on any atom is -0.354 e. The standard InChI is InChI=1S/C25H34IN3O4S/c1-6-23(25(31)27-15-18(2)3)28(16-20-9-7-19(4)8-10-20)24(30)17-29(34(5,32)33)22-13-11-21(26)12-14-22/h7-14,18,23H,6,15-17H2,1-5H3,(H,27,31)/t23-/m0/s1. The van der Waals surface area contributed by atoms with E-state index in [2.05, 4.69) is 27.9 Å². The zero-order chi connectivity index (χ0) is 25.5. The van der Waals surface area contributed by atoms with Gasteiger partial charge in [-0.25, -0.2) is 8.42 Å². The predicted octanol–water partition coefficient (Wildman–Crippen LogP) is 3.95. The zero-order valence-corrected chi connectivity index (χ0v) is 23.4. The predicted molar refractivity (Wildman–Crippen MR) is 145 cm³/mol. The largest absolute Gasteiger partial charge is 0.354 e. The molecule has 0 saturated carbocycles. The first-order chi connectivity index (χ1) is 15.9. The molecule has 1 atom stereocenters. The summed E-state index contributed by atoms with van der Waals surface area (Å²) in [5, 5.41) is 2.92. The minimum absolute atomic E-state index is 0.205. The van der Waals surface area contributed by atoms with Crippen molar-refractivity contribution in [3.63, 3.8) is 0 Å². The summed E-state index contributed by atoms with van der Waals surface area (Å²) in [6.07, 6.45) is 1.49. The van der Waals surface area contributed by atoms with Gasteiger partial charge in [-0.3, -0.25) is 13.9 Å². The molecule has 0 aliphatic heterocycles. The smallest absolute Gasteiger partial charge is 0.244 e. The normalized spacial score (nSPS) is 12.3. The number of anilines is 1. The van der Waals surface area contributed by atoms with E-state index in [1.807, 2.05) is 52.0 Å². The summed E-state index contributed by atoms with van der Waals surface area (Å²) < 4.78 is 27.2. The maximum Gasteiger partial charge on any atom is 0.244 e. The summed E-state index contributed by atoms with van der Waals surface area (Å²) in [5.74, 6) is -0.405. The Balaban J connectivity index is 2.39. The Bertz CT molecular complexity index is 1070. The number of benzene rings is 2. The van der Waals surface area contributed by atoms with Crippen LogP contribution in [0.5, 0.6) is 0 Å². The highest BCUT2D eigenvalue weighted by Gasteiger charge is 2.31. The highest BCUT2D eigenvalue weighted by molar-refractivity contribution is 14.1. The Kier molecular flexibility index (Phi) is 10.4. The van der Waals surface area contributed by atoms with Crippen molar-refractivity contribution in [1.82, 2.24) is 10.2 Å². The van der Waals surface area contributed by atoms with Gasteiger partial charge in [0.25, 0.3) is 0 Å². The molecule has 0 fully saturated rings. The van der Waals surface area contributed by atoms with Crippen LogP contribution in [0.2, 0.25) is 0 Å². The lowest BCUT2D eigenvalue weighted by Gasteiger charge is -2.33. The average Bonchev–Trinajstić information content (AvgIpc) is 2.77. The number of halogens is 1. The van der Waals surface area contributed by atoms with Crippen molar-refractivity contribution >= 4 is 50.1 Å². The van der Waals surface area contributed by atoms with Crippen LogP contribution in [-0.2, 0) is 26.2 Å². The van der Waals surface area contributed by atoms with E-state index in [0.717, 1.165) is 25.3 Å². The summed E-state index contributed by atoms with van der Waals surface area (Å²) in [4.78, 5) is 28.1. The number of hydrogen-bond acceptors (Lipinski definition) is 4. The van der Waals surface area contributed by atoms with Crippen molar-refractivity contribution in [3.05, 3.63) is 63.2 Å². The number of sulfonamides is 1. The van der Waals surface area contributed by atoms with Gasteiger partial charge < -0.3 is 10.2 Å². The fourth-order valence-electron chi connectivity index (χ4n) is 3.45. The van der Waals surface area contributed by atoms with E-state index in [1.165, 1.54) is 4.90 Å². The molecule has 0 aliphatic carbocycles. The molecule has 2 rings (SSSR count). The minimum atomic E-state index is -3.73. The van der Waals surface area contributed by atoms with Crippen LogP contribution in [0.1, 0.15) is 38.3 Å². The molecule has 9 heteroatoms. The van der Waals surface area contributed by atoms with E-state index in [1.54, 1.807) is 24.3 Å². The summed E-state index contributed by atoms with van der Waals surface area (Å²) in [6, 6.07) is 13.9. The third kappa shape index (κ3) is 8.26. The molecule has 34 heavy (non-hydrogen) atoms. The van der Waals surface area contributed by atoms with Crippen molar-refractivity contribution in [2.75, 3.05) is 23.7 Å². The van der Waals surface area contributed by atoms with Gasteiger partial charge in [0.1, 0.15) is 12.6 Å². The monoisotopic (exact) mass is 599 g/mol. The molecular weight excluding hydrogens is 565 g/mol. The third-order valence-corrected chi connectivity index (χ3v) is 7.20. The molecule has 2 aromatic rings. The number of rotatable bonds is 11. The molecule has 0 unspecified atom stereocenters. The van der Waals surface area contributed by atoms with Crippen molar-refractivity contribution < 1.29 is 18.0 Å². The number of nitrogens with zero attached hydrogens (tertiary/aromatic N) is 2. The molecule has 186 valence electrons. The first-order valence-corrected chi connectivity index (χ1v) is 14.2. The number of carbonyl (C=O) groups excluding carboxylic acids is 2. The molecule has 0 aromatic heterocycles. The van der Waals surface area contributed by atoms with Gasteiger partial charge in [0.15, 0.2) is 0 Å². The Morgan fingerprint density at radius 2 is 1.62 bits per heavy atom. The van der Waals surface area contributed by atoms with Crippen LogP contribution >= 0.6 is 22.6 Å². The third-order valence-electron chi connectivity index (χ3n) is 5.34. The summed E-state index contributed by atoms with van der Waals surface area (Å²) in [7, 11) is -3.73. The fourth-order valence-corrected chi connectivity index (χ4v) is 4.66. The molecule has 2 amide bonds. The Morgan fingerprint density at radius 1 is 1.03 bits per heavy atom. The first kappa shape index (κ1) is 28.1. The summed E-state index contributed by atoms with van der Waals surface area (Å²) >= 11 is 2.14. The summed E-state index contributed by atoms with van der Waals surface area (Å²) in [5.41, 5.74) is 2.36. The second kappa shape index (κ2) is 12.5. The van der Waals surface area contributed by atoms with Crippen LogP contribution in [0.3, 0.4) is 0 Å². The van der Waals surface area contributed by atoms with Crippen LogP contribution in [0.4, 0.5) is 5.69 Å². The zero-order valence-electron chi connectivity index (χ0n) is 20.4. The van der Waals surface area contributed by atoms with Gasteiger partial charge in [-0.05, 0) is 71.7 Å². The van der Waals surface area contributed by atoms with Gasteiger partial charge in [-0.2, -0.15) is 0 Å². The lowest BCUT2D eigenvalue weighted by atomic mass is 10.1. The topological polar surface area (TPSA) is 86.8 Å². The van der Waals surface area contributed by atoms with Crippen molar-refractivity contribution in [2.45, 2.75) is 46.7 Å². The average molecular weight is 600 g/mol. The van der Waals surface area contributed by atoms with Crippen molar-refractivity contribution in [3.8, 4) is 0 Å². The maximum absolute atomic E-state index is 13.6. The molecule has 1 N–H and O–H groups in total. The van der Waals surface area contributed by atoms with Crippen molar-refractivity contribution in [2.24, 2.45) is 5.92 Å². The number of nitrogens with one attached hydrogen (secondary N) is 1. The molecule has 0 radical (unpaired) electrons. The van der Waals surface area contributed by atoms with Crippen LogP contribution in [-0.4, -0.2) is 50.5 Å². The first-order valence-electron chi connectivity index (χ1n) is 11.3. The summed E-state index contributed by atoms with van der Waals surface area (Å²) in [6.45, 7) is 8.15. The molecular formula is C25H34IN3O4S. The SMILES string of the molecule is CC[C@@H](C(=O)NCC(C)C)N(Cc1ccc(C)cc1)C(=O)CN(c1ccc(I)cc1)S(C)(=O)=O. The lowest BCUT2D eigenvalue weighted by Crippen LogP contribution is -2.52. The molecule has 0 aliphatic rings.